The largest absolute Gasteiger partial charge is 0.507 e. The lowest BCUT2D eigenvalue weighted by molar-refractivity contribution is -0.124. The predicted molar refractivity (Wildman–Crippen MR) is 82.8 cm³/mol. The number of phenols is 1. The standard InChI is InChI=1S/C16H11BrO5/c17-10-7-12(15(20)14(10)19)22-16(21)13-9-4-2-1-3-8(9)5-6-11(13)18/h1-7,12,15,18,20H/t12-,15+/m1/s1. The minimum Gasteiger partial charge on any atom is -0.507 e. The molecule has 0 fully saturated rings. The van der Waals surface area contributed by atoms with Crippen LogP contribution < -0.4 is 0 Å². The minimum absolute atomic E-state index is 0.00849. The average Bonchev–Trinajstić information content (AvgIpc) is 2.74. The van der Waals surface area contributed by atoms with Gasteiger partial charge in [0.25, 0.3) is 0 Å². The van der Waals surface area contributed by atoms with Gasteiger partial charge in [0.05, 0.1) is 4.48 Å². The summed E-state index contributed by atoms with van der Waals surface area (Å²) in [7, 11) is 0. The Morgan fingerprint density at radius 3 is 2.59 bits per heavy atom. The third-order valence-electron chi connectivity index (χ3n) is 3.48. The highest BCUT2D eigenvalue weighted by Crippen LogP contribution is 2.30. The van der Waals surface area contributed by atoms with Crippen LogP contribution in [0.4, 0.5) is 0 Å². The van der Waals surface area contributed by atoms with Crippen molar-refractivity contribution in [3.63, 3.8) is 0 Å². The van der Waals surface area contributed by atoms with Gasteiger partial charge in [0, 0.05) is 0 Å². The fourth-order valence-corrected chi connectivity index (χ4v) is 2.86. The second-order valence-corrected chi connectivity index (χ2v) is 5.73. The summed E-state index contributed by atoms with van der Waals surface area (Å²) in [4.78, 5) is 23.9. The van der Waals surface area contributed by atoms with Crippen LogP contribution in [0.25, 0.3) is 10.8 Å². The first kappa shape index (κ1) is 14.7. The van der Waals surface area contributed by atoms with Gasteiger partial charge in [0.1, 0.15) is 11.3 Å². The van der Waals surface area contributed by atoms with Gasteiger partial charge in [-0.3, -0.25) is 4.79 Å². The van der Waals surface area contributed by atoms with Crippen molar-refractivity contribution < 1.29 is 24.5 Å². The van der Waals surface area contributed by atoms with Crippen LogP contribution in [-0.4, -0.2) is 34.2 Å². The number of aromatic hydroxyl groups is 1. The molecule has 2 N–H and O–H groups in total. The van der Waals surface area contributed by atoms with E-state index in [1.165, 1.54) is 12.1 Å². The maximum absolute atomic E-state index is 12.3. The molecule has 0 heterocycles. The van der Waals surface area contributed by atoms with Crippen molar-refractivity contribution in [2.75, 3.05) is 0 Å². The molecule has 2 aromatic rings. The monoisotopic (exact) mass is 362 g/mol. The van der Waals surface area contributed by atoms with Crippen molar-refractivity contribution in [3.05, 3.63) is 52.5 Å². The highest BCUT2D eigenvalue weighted by Gasteiger charge is 2.36. The number of carbonyl (C=O) groups is 2. The average molecular weight is 363 g/mol. The molecule has 0 radical (unpaired) electrons. The maximum atomic E-state index is 12.3. The molecule has 0 bridgehead atoms. The molecule has 0 aromatic heterocycles. The summed E-state index contributed by atoms with van der Waals surface area (Å²) in [6.07, 6.45) is -1.18. The second-order valence-electron chi connectivity index (χ2n) is 4.87. The molecular formula is C16H11BrO5. The first-order chi connectivity index (χ1) is 10.5. The zero-order valence-corrected chi connectivity index (χ0v) is 12.8. The van der Waals surface area contributed by atoms with E-state index in [4.69, 9.17) is 4.74 Å². The normalized spacial score (nSPS) is 21.0. The van der Waals surface area contributed by atoms with Crippen molar-refractivity contribution in [2.24, 2.45) is 0 Å². The van der Waals surface area contributed by atoms with Crippen LogP contribution in [0, 0.1) is 0 Å². The van der Waals surface area contributed by atoms with Crippen LogP contribution in [0.3, 0.4) is 0 Å². The Morgan fingerprint density at radius 2 is 1.91 bits per heavy atom. The first-order valence-corrected chi connectivity index (χ1v) is 7.29. The van der Waals surface area contributed by atoms with E-state index in [0.29, 0.717) is 5.39 Å². The Kier molecular flexibility index (Phi) is 3.72. The van der Waals surface area contributed by atoms with Gasteiger partial charge in [-0.05, 0) is 38.8 Å². The van der Waals surface area contributed by atoms with Crippen LogP contribution in [0.2, 0.25) is 0 Å². The number of carbonyl (C=O) groups excluding carboxylic acids is 2. The Hall–Kier alpha value is -2.18. The fraction of sp³-hybridized carbons (Fsp3) is 0.125. The van der Waals surface area contributed by atoms with Gasteiger partial charge in [-0.2, -0.15) is 0 Å². The van der Waals surface area contributed by atoms with E-state index in [2.05, 4.69) is 15.9 Å². The number of fused-ring (bicyclic) bond motifs is 1. The Balaban J connectivity index is 1.97. The molecule has 0 aliphatic heterocycles. The molecule has 22 heavy (non-hydrogen) atoms. The number of ether oxygens (including phenoxy) is 1. The quantitative estimate of drug-likeness (QED) is 0.800. The molecule has 0 amide bonds. The molecule has 0 saturated heterocycles. The number of ketones is 1. The highest BCUT2D eigenvalue weighted by molar-refractivity contribution is 9.12. The molecular weight excluding hydrogens is 352 g/mol. The summed E-state index contributed by atoms with van der Waals surface area (Å²) in [5, 5.41) is 21.0. The summed E-state index contributed by atoms with van der Waals surface area (Å²) in [6, 6.07) is 10.1. The lowest BCUT2D eigenvalue weighted by Gasteiger charge is -2.15. The summed E-state index contributed by atoms with van der Waals surface area (Å²) in [6.45, 7) is 0. The van der Waals surface area contributed by atoms with E-state index in [-0.39, 0.29) is 15.8 Å². The van der Waals surface area contributed by atoms with E-state index < -0.39 is 24.0 Å². The topological polar surface area (TPSA) is 83.8 Å². The molecule has 0 saturated carbocycles. The SMILES string of the molecule is O=C(O[C@@H]1C=C(Br)C(=O)[C@H]1O)c1c(O)ccc2ccccc12. The number of aliphatic hydroxyl groups is 1. The van der Waals surface area contributed by atoms with Crippen molar-refractivity contribution in [1.29, 1.82) is 0 Å². The van der Waals surface area contributed by atoms with Gasteiger partial charge in [0.2, 0.25) is 5.78 Å². The van der Waals surface area contributed by atoms with Crippen molar-refractivity contribution >= 4 is 38.5 Å². The Bertz CT molecular complexity index is 811. The minimum atomic E-state index is -1.43. The molecule has 112 valence electrons. The molecule has 6 heteroatoms. The Labute approximate surface area is 133 Å². The number of esters is 1. The summed E-state index contributed by atoms with van der Waals surface area (Å²) < 4.78 is 5.33. The lowest BCUT2D eigenvalue weighted by Crippen LogP contribution is -2.31. The number of phenolic OH excluding ortho intramolecular Hbond substituents is 1. The van der Waals surface area contributed by atoms with Crippen molar-refractivity contribution in [3.8, 4) is 5.75 Å². The van der Waals surface area contributed by atoms with Gasteiger partial charge < -0.3 is 14.9 Å². The molecule has 3 rings (SSSR count). The van der Waals surface area contributed by atoms with Gasteiger partial charge in [-0.1, -0.05) is 30.3 Å². The van der Waals surface area contributed by atoms with Gasteiger partial charge in [-0.15, -0.1) is 0 Å². The summed E-state index contributed by atoms with van der Waals surface area (Å²) >= 11 is 3.00. The number of hydrogen-bond donors (Lipinski definition) is 2. The third-order valence-corrected chi connectivity index (χ3v) is 4.14. The zero-order chi connectivity index (χ0) is 15.9. The predicted octanol–water partition coefficient (Wildman–Crippen LogP) is 2.29. The molecule has 2 atom stereocenters. The van der Waals surface area contributed by atoms with Crippen LogP contribution >= 0.6 is 15.9 Å². The first-order valence-electron chi connectivity index (χ1n) is 6.50. The smallest absolute Gasteiger partial charge is 0.343 e. The third kappa shape index (κ3) is 2.40. The van der Waals surface area contributed by atoms with Gasteiger partial charge >= 0.3 is 5.97 Å². The molecule has 2 aromatic carbocycles. The van der Waals surface area contributed by atoms with Crippen molar-refractivity contribution in [2.45, 2.75) is 12.2 Å². The number of rotatable bonds is 2. The number of halogens is 1. The molecule has 5 nitrogen and oxygen atoms in total. The summed E-state index contributed by atoms with van der Waals surface area (Å²) in [5.41, 5.74) is 0.00849. The van der Waals surface area contributed by atoms with Gasteiger partial charge in [-0.25, -0.2) is 4.79 Å². The molecule has 1 aliphatic carbocycles. The number of Topliss-reactive ketones (excluding diaryl/α,β-unsaturated/α-hetero) is 1. The molecule has 0 unspecified atom stereocenters. The lowest BCUT2D eigenvalue weighted by atomic mass is 10.0. The molecule has 1 aliphatic rings. The van der Waals surface area contributed by atoms with E-state index in [1.807, 2.05) is 6.07 Å². The van der Waals surface area contributed by atoms with E-state index in [0.717, 1.165) is 5.39 Å². The number of aliphatic hydroxyl groups excluding tert-OH is 1. The van der Waals surface area contributed by atoms with E-state index in [9.17, 15) is 19.8 Å². The van der Waals surface area contributed by atoms with Crippen LogP contribution in [0.15, 0.2) is 47.0 Å². The Morgan fingerprint density at radius 1 is 1.18 bits per heavy atom. The number of benzene rings is 2. The fourth-order valence-electron chi connectivity index (χ4n) is 2.36. The van der Waals surface area contributed by atoms with Crippen LogP contribution in [0.1, 0.15) is 10.4 Å². The van der Waals surface area contributed by atoms with E-state index >= 15 is 0 Å². The summed E-state index contributed by atoms with van der Waals surface area (Å²) in [5.74, 6) is -1.56. The number of hydrogen-bond acceptors (Lipinski definition) is 5. The van der Waals surface area contributed by atoms with Crippen LogP contribution in [0.5, 0.6) is 5.75 Å². The zero-order valence-electron chi connectivity index (χ0n) is 11.2. The van der Waals surface area contributed by atoms with E-state index in [1.54, 1.807) is 24.3 Å². The molecule has 0 spiro atoms. The van der Waals surface area contributed by atoms with Gasteiger partial charge in [0.15, 0.2) is 12.2 Å². The van der Waals surface area contributed by atoms with Crippen molar-refractivity contribution in [1.82, 2.24) is 0 Å². The maximum Gasteiger partial charge on any atom is 0.343 e. The second kappa shape index (κ2) is 5.55. The van der Waals surface area contributed by atoms with Crippen LogP contribution in [-0.2, 0) is 9.53 Å². The highest BCUT2D eigenvalue weighted by atomic mass is 79.9.